The lowest BCUT2D eigenvalue weighted by Crippen LogP contribution is -2.39. The lowest BCUT2D eigenvalue weighted by atomic mass is 10.2. The predicted octanol–water partition coefficient (Wildman–Crippen LogP) is 3.53. The number of aliphatic hydroxyl groups is 2. The number of nitrogens with zero attached hydrogens (tertiary/aromatic N) is 2. The van der Waals surface area contributed by atoms with Crippen molar-refractivity contribution in [1.29, 1.82) is 0 Å². The number of pyridine rings is 1. The molecular formula is C24H31FIN3O7S. The molecule has 37 heavy (non-hydrogen) atoms. The number of aliphatic hydroxyl groups excluding tert-OH is 2. The summed E-state index contributed by atoms with van der Waals surface area (Å²) in [5.74, 6) is -1.03. The number of aromatic nitrogens is 1. The van der Waals surface area contributed by atoms with Crippen LogP contribution in [-0.2, 0) is 21.8 Å². The SMILES string of the molecule is Cc1cc(NS(=O)(=O)C2(CC(O)CO)CC2)c(N(C(=O)OC(C)(C)C)c2ccc(I)cc2F)n(C)c1=O. The number of hydrogen-bond donors (Lipinski definition) is 3. The number of carbonyl (C=O) groups is 1. The maximum atomic E-state index is 15.2. The van der Waals surface area contributed by atoms with Gasteiger partial charge >= 0.3 is 6.09 Å². The molecule has 1 aromatic carbocycles. The van der Waals surface area contributed by atoms with Crippen LogP contribution in [0.3, 0.4) is 0 Å². The highest BCUT2D eigenvalue weighted by Gasteiger charge is 2.55. The van der Waals surface area contributed by atoms with E-state index in [4.69, 9.17) is 4.74 Å². The third-order valence-corrected chi connectivity index (χ3v) is 8.82. The van der Waals surface area contributed by atoms with E-state index in [1.165, 1.54) is 32.2 Å². The van der Waals surface area contributed by atoms with Crippen LogP contribution in [0.25, 0.3) is 0 Å². The van der Waals surface area contributed by atoms with Crippen LogP contribution in [0.15, 0.2) is 29.1 Å². The van der Waals surface area contributed by atoms with Crippen LogP contribution in [0.4, 0.5) is 26.4 Å². The maximum Gasteiger partial charge on any atom is 0.420 e. The lowest BCUT2D eigenvalue weighted by molar-refractivity contribution is 0.0596. The van der Waals surface area contributed by atoms with Crippen molar-refractivity contribution in [2.24, 2.45) is 7.05 Å². The Bertz CT molecular complexity index is 1370. The number of rotatable bonds is 8. The molecule has 3 rings (SSSR count). The van der Waals surface area contributed by atoms with E-state index in [0.717, 1.165) is 9.47 Å². The van der Waals surface area contributed by atoms with Gasteiger partial charge < -0.3 is 14.9 Å². The number of ether oxygens (including phenoxy) is 1. The van der Waals surface area contributed by atoms with E-state index in [1.807, 2.05) is 22.6 Å². The second kappa shape index (κ2) is 10.5. The van der Waals surface area contributed by atoms with Crippen LogP contribution in [-0.4, -0.2) is 52.4 Å². The van der Waals surface area contributed by atoms with Gasteiger partial charge in [0.15, 0.2) is 0 Å². The summed E-state index contributed by atoms with van der Waals surface area (Å²) in [5.41, 5.74) is -1.74. The van der Waals surface area contributed by atoms with Gasteiger partial charge in [-0.2, -0.15) is 0 Å². The van der Waals surface area contributed by atoms with Gasteiger partial charge in [0.05, 0.1) is 28.8 Å². The van der Waals surface area contributed by atoms with Gasteiger partial charge in [-0.15, -0.1) is 0 Å². The largest absolute Gasteiger partial charge is 0.443 e. The lowest BCUT2D eigenvalue weighted by Gasteiger charge is -2.31. The van der Waals surface area contributed by atoms with Crippen LogP contribution < -0.4 is 15.2 Å². The molecule has 2 aromatic rings. The van der Waals surface area contributed by atoms with E-state index in [2.05, 4.69) is 4.72 Å². The molecule has 13 heteroatoms. The Balaban J connectivity index is 2.24. The fourth-order valence-corrected chi connectivity index (χ4v) is 6.13. The van der Waals surface area contributed by atoms with E-state index in [-0.39, 0.29) is 42.0 Å². The van der Waals surface area contributed by atoms with Gasteiger partial charge in [-0.3, -0.25) is 14.1 Å². The van der Waals surface area contributed by atoms with Crippen LogP contribution in [0.2, 0.25) is 0 Å². The monoisotopic (exact) mass is 651 g/mol. The number of anilines is 3. The Morgan fingerprint density at radius 2 is 1.95 bits per heavy atom. The molecule has 204 valence electrons. The molecule has 3 N–H and O–H groups in total. The van der Waals surface area contributed by atoms with Crippen LogP contribution in [0.5, 0.6) is 0 Å². The number of benzene rings is 1. The van der Waals surface area contributed by atoms with Gasteiger partial charge in [-0.1, -0.05) is 0 Å². The first-order valence-electron chi connectivity index (χ1n) is 11.5. The fraction of sp³-hybridized carbons (Fsp3) is 0.500. The molecular weight excluding hydrogens is 620 g/mol. The van der Waals surface area contributed by atoms with E-state index < -0.39 is 50.6 Å². The topological polar surface area (TPSA) is 138 Å². The number of hydrogen-bond acceptors (Lipinski definition) is 7. The second-order valence-electron chi connectivity index (χ2n) is 10.2. The molecule has 1 amide bonds. The van der Waals surface area contributed by atoms with Crippen molar-refractivity contribution in [3.8, 4) is 0 Å². The zero-order valence-electron chi connectivity index (χ0n) is 21.2. The maximum absolute atomic E-state index is 15.2. The Morgan fingerprint density at radius 1 is 1.32 bits per heavy atom. The Morgan fingerprint density at radius 3 is 2.46 bits per heavy atom. The minimum atomic E-state index is -4.18. The molecule has 0 bridgehead atoms. The Kier molecular flexibility index (Phi) is 8.32. The Hall–Kier alpha value is -2.23. The summed E-state index contributed by atoms with van der Waals surface area (Å²) < 4.78 is 50.4. The van der Waals surface area contributed by atoms with E-state index in [9.17, 15) is 28.2 Å². The first-order chi connectivity index (χ1) is 17.0. The smallest absolute Gasteiger partial charge is 0.420 e. The van der Waals surface area contributed by atoms with E-state index in [1.54, 1.807) is 26.8 Å². The molecule has 10 nitrogen and oxygen atoms in total. The molecule has 1 aliphatic carbocycles. The van der Waals surface area contributed by atoms with Gasteiger partial charge in [0.1, 0.15) is 17.2 Å². The fourth-order valence-electron chi connectivity index (χ4n) is 3.97. The summed E-state index contributed by atoms with van der Waals surface area (Å²) >= 11 is 1.91. The minimum Gasteiger partial charge on any atom is -0.443 e. The average molecular weight is 651 g/mol. The summed E-state index contributed by atoms with van der Waals surface area (Å²) in [5, 5.41) is 19.1. The quantitative estimate of drug-likeness (QED) is 0.372. The molecule has 1 unspecified atom stereocenters. The number of carbonyl (C=O) groups excluding carboxylic acids is 1. The third-order valence-electron chi connectivity index (χ3n) is 5.94. The molecule has 0 aliphatic heterocycles. The summed E-state index contributed by atoms with van der Waals surface area (Å²) in [6, 6.07) is 5.36. The van der Waals surface area contributed by atoms with E-state index >= 15 is 4.39 Å². The zero-order valence-corrected chi connectivity index (χ0v) is 24.2. The third kappa shape index (κ3) is 6.26. The van der Waals surface area contributed by atoms with Gasteiger partial charge in [-0.25, -0.2) is 22.5 Å². The van der Waals surface area contributed by atoms with Gasteiger partial charge in [0, 0.05) is 16.2 Å². The van der Waals surface area contributed by atoms with Gasteiger partial charge in [-0.05, 0) is 93.8 Å². The molecule has 1 heterocycles. The molecule has 1 aromatic heterocycles. The standard InChI is InChI=1S/C24H31FIN3O7S/c1-14-10-18(27-37(34,35)24(8-9-24)12-16(31)13-30)20(28(5)21(14)32)29(22(33)36-23(2,3)4)19-7-6-15(26)11-17(19)25/h6-7,10-11,16,27,30-31H,8-9,12-13H2,1-5H3. The molecule has 1 saturated carbocycles. The van der Waals surface area contributed by atoms with Crippen LogP contribution in [0, 0.1) is 16.3 Å². The van der Waals surface area contributed by atoms with Crippen molar-refractivity contribution >= 4 is 55.9 Å². The highest BCUT2D eigenvalue weighted by atomic mass is 127. The second-order valence-corrected chi connectivity index (χ2v) is 13.5. The first-order valence-corrected chi connectivity index (χ1v) is 14.1. The van der Waals surface area contributed by atoms with Crippen molar-refractivity contribution < 1.29 is 32.6 Å². The van der Waals surface area contributed by atoms with Crippen molar-refractivity contribution in [3.05, 3.63) is 49.6 Å². The molecule has 0 spiro atoms. The number of halogens is 2. The molecule has 0 radical (unpaired) electrons. The van der Waals surface area contributed by atoms with Gasteiger partial charge in [0.2, 0.25) is 10.0 Å². The van der Waals surface area contributed by atoms with Gasteiger partial charge in [0.25, 0.3) is 5.56 Å². The van der Waals surface area contributed by atoms with Crippen LogP contribution in [0.1, 0.15) is 45.6 Å². The summed E-state index contributed by atoms with van der Waals surface area (Å²) in [6.45, 7) is 5.74. The highest BCUT2D eigenvalue weighted by Crippen LogP contribution is 2.48. The number of nitrogens with one attached hydrogen (secondary N) is 1. The van der Waals surface area contributed by atoms with Crippen molar-refractivity contribution in [3.63, 3.8) is 0 Å². The van der Waals surface area contributed by atoms with Crippen molar-refractivity contribution in [1.82, 2.24) is 4.57 Å². The minimum absolute atomic E-state index is 0.145. The average Bonchev–Trinajstić information content (AvgIpc) is 3.55. The summed E-state index contributed by atoms with van der Waals surface area (Å²) in [4.78, 5) is 27.2. The molecule has 1 aliphatic rings. The zero-order chi connectivity index (χ0) is 27.9. The van der Waals surface area contributed by atoms with Crippen molar-refractivity contribution in [2.45, 2.75) is 63.4 Å². The molecule has 1 atom stereocenters. The number of amides is 1. The summed E-state index contributed by atoms with van der Waals surface area (Å²) in [7, 11) is -2.84. The predicted molar refractivity (Wildman–Crippen MR) is 146 cm³/mol. The first kappa shape index (κ1) is 29.3. The molecule has 1 fully saturated rings. The molecule has 0 saturated heterocycles. The van der Waals surface area contributed by atoms with E-state index in [0.29, 0.717) is 3.57 Å². The Labute approximate surface area is 228 Å². The van der Waals surface area contributed by atoms with Crippen LogP contribution >= 0.6 is 22.6 Å². The number of sulfonamides is 1. The summed E-state index contributed by atoms with van der Waals surface area (Å²) in [6.07, 6.45) is -1.95. The normalized spacial score (nSPS) is 15.7. The van der Waals surface area contributed by atoms with Crippen molar-refractivity contribution in [2.75, 3.05) is 16.2 Å². The highest BCUT2D eigenvalue weighted by molar-refractivity contribution is 14.1. The number of aryl methyl sites for hydroxylation is 1.